The lowest BCUT2D eigenvalue weighted by atomic mass is 10.1. The summed E-state index contributed by atoms with van der Waals surface area (Å²) in [6.07, 6.45) is 3.43. The van der Waals surface area contributed by atoms with Crippen LogP contribution in [0, 0.1) is 0 Å². The summed E-state index contributed by atoms with van der Waals surface area (Å²) in [6.45, 7) is 7.35. The molecule has 0 rings (SSSR count). The molecule has 0 amide bonds. The molecular weight excluding hydrogens is 182 g/mol. The Balaban J connectivity index is 3.42. The zero-order valence-corrected chi connectivity index (χ0v) is 9.95. The molecule has 0 aromatic heterocycles. The van der Waals surface area contributed by atoms with Crippen LogP contribution in [0.4, 0.5) is 0 Å². The van der Waals surface area contributed by atoms with Gasteiger partial charge in [0.2, 0.25) is 0 Å². The predicted octanol–water partition coefficient (Wildman–Crippen LogP) is 1.92. The topological polar surface area (TPSA) is 29.1 Å². The van der Waals surface area contributed by atoms with Crippen LogP contribution in [0.5, 0.6) is 0 Å². The van der Waals surface area contributed by atoms with Gasteiger partial charge in [-0.1, -0.05) is 20.8 Å². The molecule has 2 atom stereocenters. The Morgan fingerprint density at radius 2 is 2.00 bits per heavy atom. The summed E-state index contributed by atoms with van der Waals surface area (Å²) in [5.41, 5.74) is 0. The van der Waals surface area contributed by atoms with Crippen molar-refractivity contribution in [1.82, 2.24) is 5.32 Å². The highest BCUT2D eigenvalue weighted by Gasteiger charge is 2.04. The molecule has 2 nitrogen and oxygen atoms in total. The maximum atomic E-state index is 11.1. The molecule has 0 spiro atoms. The van der Waals surface area contributed by atoms with E-state index in [0.29, 0.717) is 6.04 Å². The molecule has 0 saturated carbocycles. The van der Waals surface area contributed by atoms with E-state index < -0.39 is 10.8 Å². The number of rotatable bonds is 8. The molecular formula is C10H23NOS. The first-order valence-electron chi connectivity index (χ1n) is 5.32. The van der Waals surface area contributed by atoms with E-state index in [9.17, 15) is 4.21 Å². The lowest BCUT2D eigenvalue weighted by Crippen LogP contribution is -2.28. The number of nitrogens with one attached hydrogen (secondary N) is 1. The van der Waals surface area contributed by atoms with Gasteiger partial charge in [-0.25, -0.2) is 0 Å². The molecule has 3 heteroatoms. The SMILES string of the molecule is CCNC(CC)CCCS(=O)CC. The van der Waals surface area contributed by atoms with Crippen LogP contribution >= 0.6 is 0 Å². The zero-order valence-electron chi connectivity index (χ0n) is 9.14. The molecule has 0 bridgehead atoms. The molecule has 1 N–H and O–H groups in total. The third-order valence-corrected chi connectivity index (χ3v) is 3.62. The van der Waals surface area contributed by atoms with Crippen LogP contribution in [0.25, 0.3) is 0 Å². The van der Waals surface area contributed by atoms with Crippen molar-refractivity contribution >= 4 is 10.8 Å². The molecule has 13 heavy (non-hydrogen) atoms. The lowest BCUT2D eigenvalue weighted by molar-refractivity contribution is 0.476. The van der Waals surface area contributed by atoms with Crippen molar-refractivity contribution in [2.45, 2.75) is 46.1 Å². The second-order valence-electron chi connectivity index (χ2n) is 3.24. The first kappa shape index (κ1) is 13.1. The van der Waals surface area contributed by atoms with E-state index in [2.05, 4.69) is 19.2 Å². The largest absolute Gasteiger partial charge is 0.314 e. The van der Waals surface area contributed by atoms with E-state index >= 15 is 0 Å². The third kappa shape index (κ3) is 7.20. The molecule has 0 fully saturated rings. The third-order valence-electron chi connectivity index (χ3n) is 2.23. The fourth-order valence-corrected chi connectivity index (χ4v) is 2.15. The van der Waals surface area contributed by atoms with Crippen LogP contribution in [0.15, 0.2) is 0 Å². The molecule has 0 aliphatic rings. The molecule has 0 saturated heterocycles. The monoisotopic (exact) mass is 205 g/mol. The first-order chi connectivity index (χ1) is 6.24. The standard InChI is InChI=1S/C10H23NOS/c1-4-10(11-5-2)8-7-9-13(12)6-3/h10-11H,4-9H2,1-3H3. The van der Waals surface area contributed by atoms with E-state index in [-0.39, 0.29) is 0 Å². The van der Waals surface area contributed by atoms with Crippen molar-refractivity contribution in [3.63, 3.8) is 0 Å². The predicted molar refractivity (Wildman–Crippen MR) is 60.5 cm³/mol. The molecule has 0 aromatic carbocycles. The van der Waals surface area contributed by atoms with Gasteiger partial charge < -0.3 is 5.32 Å². The highest BCUT2D eigenvalue weighted by atomic mass is 32.2. The minimum atomic E-state index is -0.577. The van der Waals surface area contributed by atoms with Crippen molar-refractivity contribution in [3.05, 3.63) is 0 Å². The van der Waals surface area contributed by atoms with Crippen LogP contribution in [0.2, 0.25) is 0 Å². The molecule has 0 aliphatic heterocycles. The van der Waals surface area contributed by atoms with Crippen molar-refractivity contribution in [3.8, 4) is 0 Å². The van der Waals surface area contributed by atoms with Gasteiger partial charge in [0.05, 0.1) is 0 Å². The van der Waals surface area contributed by atoms with Gasteiger partial charge in [0.1, 0.15) is 0 Å². The van der Waals surface area contributed by atoms with Gasteiger partial charge >= 0.3 is 0 Å². The summed E-state index contributed by atoms with van der Waals surface area (Å²) in [4.78, 5) is 0. The molecule has 0 aliphatic carbocycles. The van der Waals surface area contributed by atoms with E-state index in [0.717, 1.165) is 30.9 Å². The van der Waals surface area contributed by atoms with Gasteiger partial charge in [0.15, 0.2) is 0 Å². The molecule has 2 unspecified atom stereocenters. The molecule has 80 valence electrons. The highest BCUT2D eigenvalue weighted by molar-refractivity contribution is 7.84. The second kappa shape index (κ2) is 8.70. The zero-order chi connectivity index (χ0) is 10.1. The number of hydrogen-bond donors (Lipinski definition) is 1. The van der Waals surface area contributed by atoms with Gasteiger partial charge in [0, 0.05) is 28.3 Å². The minimum Gasteiger partial charge on any atom is -0.314 e. The minimum absolute atomic E-state index is 0.577. The highest BCUT2D eigenvalue weighted by Crippen LogP contribution is 2.02. The average molecular weight is 205 g/mol. The van der Waals surface area contributed by atoms with E-state index in [1.165, 1.54) is 6.42 Å². The summed E-state index contributed by atoms with van der Waals surface area (Å²) in [5, 5.41) is 3.43. The Bertz CT molecular complexity index is 139. The fourth-order valence-electron chi connectivity index (χ4n) is 1.37. The Hall–Kier alpha value is 0.110. The van der Waals surface area contributed by atoms with Crippen molar-refractivity contribution in [2.75, 3.05) is 18.1 Å². The Labute approximate surface area is 84.9 Å². The van der Waals surface area contributed by atoms with Gasteiger partial charge in [-0.2, -0.15) is 0 Å². The molecule has 0 heterocycles. The average Bonchev–Trinajstić information content (AvgIpc) is 2.16. The first-order valence-corrected chi connectivity index (χ1v) is 6.81. The van der Waals surface area contributed by atoms with Gasteiger partial charge in [-0.15, -0.1) is 0 Å². The summed E-state index contributed by atoms with van der Waals surface area (Å²) in [5.74, 6) is 1.68. The van der Waals surface area contributed by atoms with E-state index in [1.54, 1.807) is 0 Å². The summed E-state index contributed by atoms with van der Waals surface area (Å²) in [6, 6.07) is 0.624. The van der Waals surface area contributed by atoms with Crippen molar-refractivity contribution < 1.29 is 4.21 Å². The maximum Gasteiger partial charge on any atom is 0.0235 e. The van der Waals surface area contributed by atoms with Crippen molar-refractivity contribution in [2.24, 2.45) is 0 Å². The van der Waals surface area contributed by atoms with Gasteiger partial charge in [-0.3, -0.25) is 4.21 Å². The van der Waals surface area contributed by atoms with E-state index in [1.807, 2.05) is 6.92 Å². The lowest BCUT2D eigenvalue weighted by Gasteiger charge is -2.14. The quantitative estimate of drug-likeness (QED) is 0.656. The van der Waals surface area contributed by atoms with Gasteiger partial charge in [-0.05, 0) is 25.8 Å². The van der Waals surface area contributed by atoms with Crippen LogP contribution in [-0.4, -0.2) is 28.3 Å². The Kier molecular flexibility index (Phi) is 8.77. The van der Waals surface area contributed by atoms with Crippen LogP contribution in [-0.2, 0) is 10.8 Å². The fraction of sp³-hybridized carbons (Fsp3) is 1.00. The van der Waals surface area contributed by atoms with Crippen molar-refractivity contribution in [1.29, 1.82) is 0 Å². The van der Waals surface area contributed by atoms with E-state index in [4.69, 9.17) is 0 Å². The van der Waals surface area contributed by atoms with Crippen LogP contribution in [0.3, 0.4) is 0 Å². The van der Waals surface area contributed by atoms with Crippen LogP contribution < -0.4 is 5.32 Å². The second-order valence-corrected chi connectivity index (χ2v) is 5.10. The van der Waals surface area contributed by atoms with Gasteiger partial charge in [0.25, 0.3) is 0 Å². The molecule has 0 radical (unpaired) electrons. The van der Waals surface area contributed by atoms with Crippen LogP contribution in [0.1, 0.15) is 40.0 Å². The Morgan fingerprint density at radius 1 is 1.31 bits per heavy atom. The Morgan fingerprint density at radius 3 is 2.46 bits per heavy atom. The normalized spacial score (nSPS) is 15.6. The molecule has 0 aromatic rings. The maximum absolute atomic E-state index is 11.1. The summed E-state index contributed by atoms with van der Waals surface area (Å²) >= 11 is 0. The number of hydrogen-bond acceptors (Lipinski definition) is 2. The summed E-state index contributed by atoms with van der Waals surface area (Å²) in [7, 11) is -0.577. The summed E-state index contributed by atoms with van der Waals surface area (Å²) < 4.78 is 11.1. The smallest absolute Gasteiger partial charge is 0.0235 e.